The van der Waals surface area contributed by atoms with Gasteiger partial charge in [0.05, 0.1) is 6.33 Å². The van der Waals surface area contributed by atoms with E-state index in [0.717, 1.165) is 18.5 Å². The lowest BCUT2D eigenvalue weighted by molar-refractivity contribution is 0.429. The van der Waals surface area contributed by atoms with Crippen molar-refractivity contribution in [2.45, 2.75) is 26.2 Å². The maximum atomic E-state index is 5.38. The summed E-state index contributed by atoms with van der Waals surface area (Å²) in [6, 6.07) is 0. The predicted octanol–water partition coefficient (Wildman–Crippen LogP) is 1.98. The average Bonchev–Trinajstić information content (AvgIpc) is 3.16. The quantitative estimate of drug-likeness (QED) is 0.777. The van der Waals surface area contributed by atoms with Gasteiger partial charge >= 0.3 is 0 Å². The number of aromatic amines is 1. The van der Waals surface area contributed by atoms with Gasteiger partial charge in [0.15, 0.2) is 5.69 Å². The molecule has 0 radical (unpaired) electrons. The summed E-state index contributed by atoms with van der Waals surface area (Å²) in [7, 11) is 1.91. The van der Waals surface area contributed by atoms with Crippen LogP contribution >= 0.6 is 0 Å². The first-order valence-corrected chi connectivity index (χ1v) is 7.09. The molecule has 3 heterocycles. The molecule has 3 aromatic heterocycles. The van der Waals surface area contributed by atoms with E-state index in [0.29, 0.717) is 23.3 Å². The minimum Gasteiger partial charge on any atom is -0.340 e. The Kier molecular flexibility index (Phi) is 2.66. The van der Waals surface area contributed by atoms with Crippen molar-refractivity contribution >= 4 is 0 Å². The molecule has 0 amide bonds. The molecular formula is C14H16N6O. The van der Waals surface area contributed by atoms with E-state index in [1.165, 1.54) is 17.7 Å². The van der Waals surface area contributed by atoms with Gasteiger partial charge in [-0.05, 0) is 25.2 Å². The fourth-order valence-corrected chi connectivity index (χ4v) is 2.80. The van der Waals surface area contributed by atoms with Crippen LogP contribution in [0.1, 0.15) is 24.6 Å². The molecule has 0 spiro atoms. The normalized spacial score (nSPS) is 17.9. The smallest absolute Gasteiger partial charge is 0.279 e. The summed E-state index contributed by atoms with van der Waals surface area (Å²) in [4.78, 5) is 8.66. The summed E-state index contributed by atoms with van der Waals surface area (Å²) >= 11 is 0. The number of nitrogens with zero attached hydrogens (tertiary/aromatic N) is 5. The summed E-state index contributed by atoms with van der Waals surface area (Å²) < 4.78 is 7.23. The van der Waals surface area contributed by atoms with Crippen LogP contribution in [0.15, 0.2) is 17.0 Å². The lowest BCUT2D eigenvalue weighted by atomic mass is 9.88. The van der Waals surface area contributed by atoms with Crippen molar-refractivity contribution in [1.82, 2.24) is 29.9 Å². The number of rotatable bonds is 2. The van der Waals surface area contributed by atoms with Crippen LogP contribution < -0.4 is 0 Å². The summed E-state index contributed by atoms with van der Waals surface area (Å²) in [5.74, 6) is 1.61. The third-order valence-corrected chi connectivity index (χ3v) is 3.96. The molecular weight excluding hydrogens is 268 g/mol. The van der Waals surface area contributed by atoms with Crippen LogP contribution in [-0.4, -0.2) is 29.9 Å². The zero-order valence-electron chi connectivity index (χ0n) is 12.0. The van der Waals surface area contributed by atoms with Crippen LogP contribution in [-0.2, 0) is 19.9 Å². The van der Waals surface area contributed by atoms with E-state index in [-0.39, 0.29) is 0 Å². The fraction of sp³-hybridized carbons (Fsp3) is 0.429. The molecule has 0 aromatic carbocycles. The highest BCUT2D eigenvalue weighted by atomic mass is 16.5. The van der Waals surface area contributed by atoms with Crippen LogP contribution in [0.5, 0.6) is 0 Å². The molecule has 3 aromatic rings. The van der Waals surface area contributed by atoms with Gasteiger partial charge in [-0.1, -0.05) is 12.1 Å². The Morgan fingerprint density at radius 1 is 1.43 bits per heavy atom. The van der Waals surface area contributed by atoms with E-state index in [9.17, 15) is 0 Å². The molecule has 1 aliphatic carbocycles. The van der Waals surface area contributed by atoms with Crippen LogP contribution in [0.25, 0.3) is 23.1 Å². The standard InChI is InChI=1S/C14H16N6O/c1-8-3-4-10-9(5-8)12(18-17-10)14-16-13(19-21-14)11-6-20(2)7-15-11/h6-8H,3-5H2,1-2H3,(H,17,18). The van der Waals surface area contributed by atoms with E-state index in [4.69, 9.17) is 4.52 Å². The maximum Gasteiger partial charge on any atom is 0.279 e. The van der Waals surface area contributed by atoms with E-state index in [1.807, 2.05) is 17.8 Å². The van der Waals surface area contributed by atoms with E-state index in [2.05, 4.69) is 32.2 Å². The topological polar surface area (TPSA) is 85.4 Å². The van der Waals surface area contributed by atoms with Crippen molar-refractivity contribution < 1.29 is 4.52 Å². The summed E-state index contributed by atoms with van der Waals surface area (Å²) in [6.07, 6.45) is 6.80. The molecule has 108 valence electrons. The Morgan fingerprint density at radius 3 is 3.14 bits per heavy atom. The van der Waals surface area contributed by atoms with Crippen LogP contribution in [0.3, 0.4) is 0 Å². The number of imidazole rings is 1. The first-order valence-electron chi connectivity index (χ1n) is 7.09. The highest BCUT2D eigenvalue weighted by Gasteiger charge is 2.25. The third-order valence-electron chi connectivity index (χ3n) is 3.96. The van der Waals surface area contributed by atoms with Crippen molar-refractivity contribution in [3.8, 4) is 23.1 Å². The second-order valence-corrected chi connectivity index (χ2v) is 5.72. The lowest BCUT2D eigenvalue weighted by Crippen LogP contribution is -2.10. The Bertz CT molecular complexity index is 783. The molecule has 1 N–H and O–H groups in total. The van der Waals surface area contributed by atoms with E-state index >= 15 is 0 Å². The minimum absolute atomic E-state index is 0.460. The lowest BCUT2D eigenvalue weighted by Gasteiger charge is -2.17. The number of hydrogen-bond acceptors (Lipinski definition) is 5. The van der Waals surface area contributed by atoms with Gasteiger partial charge in [0.1, 0.15) is 5.69 Å². The number of nitrogens with one attached hydrogen (secondary N) is 1. The SMILES string of the molecule is CC1CCc2[nH]nc(-c3nc(-c4cn(C)cn4)no3)c2C1. The molecule has 0 saturated carbocycles. The monoisotopic (exact) mass is 284 g/mol. The summed E-state index contributed by atoms with van der Waals surface area (Å²) in [6.45, 7) is 2.26. The van der Waals surface area contributed by atoms with Crippen molar-refractivity contribution in [1.29, 1.82) is 0 Å². The number of hydrogen-bond donors (Lipinski definition) is 1. The second-order valence-electron chi connectivity index (χ2n) is 5.72. The molecule has 1 unspecified atom stereocenters. The van der Waals surface area contributed by atoms with Gasteiger partial charge in [-0.2, -0.15) is 10.1 Å². The molecule has 1 aliphatic rings. The Labute approximate surface area is 121 Å². The zero-order chi connectivity index (χ0) is 14.4. The van der Waals surface area contributed by atoms with Crippen molar-refractivity contribution in [3.63, 3.8) is 0 Å². The predicted molar refractivity (Wildman–Crippen MR) is 75.3 cm³/mol. The molecule has 4 rings (SSSR count). The molecule has 0 aliphatic heterocycles. The van der Waals surface area contributed by atoms with Crippen LogP contribution in [0.2, 0.25) is 0 Å². The first kappa shape index (κ1) is 12.3. The summed E-state index contributed by atoms with van der Waals surface area (Å²) in [5.41, 5.74) is 3.89. The van der Waals surface area contributed by atoms with Gasteiger partial charge < -0.3 is 9.09 Å². The van der Waals surface area contributed by atoms with Gasteiger partial charge in [-0.25, -0.2) is 4.98 Å². The van der Waals surface area contributed by atoms with Crippen molar-refractivity contribution in [2.24, 2.45) is 13.0 Å². The van der Waals surface area contributed by atoms with Crippen LogP contribution in [0, 0.1) is 5.92 Å². The van der Waals surface area contributed by atoms with E-state index in [1.54, 1.807) is 6.33 Å². The number of aromatic nitrogens is 6. The average molecular weight is 284 g/mol. The Balaban J connectivity index is 1.72. The fourth-order valence-electron chi connectivity index (χ4n) is 2.80. The largest absolute Gasteiger partial charge is 0.340 e. The van der Waals surface area contributed by atoms with Gasteiger partial charge in [0, 0.05) is 24.5 Å². The molecule has 21 heavy (non-hydrogen) atoms. The first-order chi connectivity index (χ1) is 10.2. The molecule has 1 atom stereocenters. The maximum absolute atomic E-state index is 5.38. The summed E-state index contributed by atoms with van der Waals surface area (Å²) in [5, 5.41) is 11.5. The third kappa shape index (κ3) is 2.05. The highest BCUT2D eigenvalue weighted by molar-refractivity contribution is 5.58. The van der Waals surface area contributed by atoms with E-state index < -0.39 is 0 Å². The molecule has 7 heteroatoms. The Hall–Kier alpha value is -2.44. The van der Waals surface area contributed by atoms with Crippen molar-refractivity contribution in [2.75, 3.05) is 0 Å². The molecule has 0 saturated heterocycles. The number of aryl methyl sites for hydroxylation is 2. The highest BCUT2D eigenvalue weighted by Crippen LogP contribution is 2.31. The zero-order valence-corrected chi connectivity index (χ0v) is 12.0. The van der Waals surface area contributed by atoms with Gasteiger partial charge in [0.2, 0.25) is 5.82 Å². The minimum atomic E-state index is 0.460. The van der Waals surface area contributed by atoms with Crippen LogP contribution in [0.4, 0.5) is 0 Å². The van der Waals surface area contributed by atoms with Crippen molar-refractivity contribution in [3.05, 3.63) is 23.8 Å². The van der Waals surface area contributed by atoms with Gasteiger partial charge in [-0.15, -0.1) is 0 Å². The van der Waals surface area contributed by atoms with Gasteiger partial charge in [-0.3, -0.25) is 5.10 Å². The number of fused-ring (bicyclic) bond motifs is 1. The molecule has 0 fully saturated rings. The molecule has 7 nitrogen and oxygen atoms in total. The molecule has 0 bridgehead atoms. The number of H-pyrrole nitrogens is 1. The second kappa shape index (κ2) is 4.54. The Morgan fingerprint density at radius 2 is 2.33 bits per heavy atom. The van der Waals surface area contributed by atoms with Gasteiger partial charge in [0.25, 0.3) is 5.89 Å².